The molecule has 26 heteroatoms. The van der Waals surface area contributed by atoms with E-state index in [2.05, 4.69) is 51.1 Å². The largest absolute Gasteiger partial charge is 0.397 e. The molecule has 0 amide bonds. The van der Waals surface area contributed by atoms with Crippen molar-refractivity contribution in [1.29, 1.82) is 0 Å². The van der Waals surface area contributed by atoms with Crippen LogP contribution in [0.15, 0.2) is 181 Å². The fourth-order valence-electron chi connectivity index (χ4n) is 5.00. The van der Waals surface area contributed by atoms with Gasteiger partial charge >= 0.3 is 0 Å². The first-order chi connectivity index (χ1) is 29.2. The van der Waals surface area contributed by atoms with Gasteiger partial charge in [-0.2, -0.15) is 50.8 Å². The molecule has 62 heavy (non-hydrogen) atoms. The maximum atomic E-state index is 11.5. The standard InChI is InChI=1S/C36H30N14O9S3/c37-28-17-29(38)33(19-32(28)46-41-20-4-10-25(11-5-20)60(51,52)53)47-44-23-2-1-3-24(16-23)45-49-35-31(40)18-30(39)34(48-42-21-6-12-26(13-7-21)61(54,55)56)36(35)50-43-22-8-14-27(15-9-22)62(57,58)59/h1-19H,37-40H2,(H,51,52,53)(H,54,55,56)(H,57,58,59). The number of benzene rings is 6. The molecule has 0 aliphatic heterocycles. The molecule has 316 valence electrons. The summed E-state index contributed by atoms with van der Waals surface area (Å²) in [5.41, 5.74) is 26.2. The normalized spacial score (nSPS) is 12.8. The van der Waals surface area contributed by atoms with Gasteiger partial charge in [-0.1, -0.05) is 6.07 Å². The van der Waals surface area contributed by atoms with E-state index in [4.69, 9.17) is 22.9 Å². The predicted octanol–water partition coefficient (Wildman–Crippen LogP) is 9.83. The molecule has 11 N–H and O–H groups in total. The lowest BCUT2D eigenvalue weighted by atomic mass is 10.1. The molecule has 0 radical (unpaired) electrons. The Balaban J connectivity index is 1.31. The average molecular weight is 899 g/mol. The Labute approximate surface area is 351 Å². The highest BCUT2D eigenvalue weighted by Gasteiger charge is 2.18. The lowest BCUT2D eigenvalue weighted by molar-refractivity contribution is 0.481. The number of hydrogen-bond donors (Lipinski definition) is 7. The van der Waals surface area contributed by atoms with Crippen molar-refractivity contribution in [2.24, 2.45) is 51.1 Å². The van der Waals surface area contributed by atoms with Crippen LogP contribution in [0.25, 0.3) is 0 Å². The summed E-state index contributed by atoms with van der Waals surface area (Å²) < 4.78 is 96.5. The minimum atomic E-state index is -4.49. The van der Waals surface area contributed by atoms with E-state index in [1.165, 1.54) is 60.7 Å². The van der Waals surface area contributed by atoms with Gasteiger partial charge in [-0.15, -0.1) is 25.6 Å². The lowest BCUT2D eigenvalue weighted by Crippen LogP contribution is -1.96. The highest BCUT2D eigenvalue weighted by Crippen LogP contribution is 2.48. The summed E-state index contributed by atoms with van der Waals surface area (Å²) >= 11 is 0. The van der Waals surface area contributed by atoms with Crippen LogP contribution < -0.4 is 22.9 Å². The first kappa shape index (κ1) is 43.8. The Kier molecular flexibility index (Phi) is 12.6. The molecule has 0 aromatic heterocycles. The molecule has 0 atom stereocenters. The quantitative estimate of drug-likeness (QED) is 0.0322. The van der Waals surface area contributed by atoms with Crippen LogP contribution in [0.4, 0.5) is 79.6 Å². The predicted molar refractivity (Wildman–Crippen MR) is 227 cm³/mol. The molecule has 0 spiro atoms. The maximum absolute atomic E-state index is 11.5. The Morgan fingerprint density at radius 1 is 0.323 bits per heavy atom. The lowest BCUT2D eigenvalue weighted by Gasteiger charge is -2.09. The number of nitrogens with zero attached hydrogens (tertiary/aromatic N) is 10. The molecule has 6 rings (SSSR count). The minimum absolute atomic E-state index is 0.0175. The Morgan fingerprint density at radius 2 is 0.629 bits per heavy atom. The summed E-state index contributed by atoms with van der Waals surface area (Å²) in [6.45, 7) is 0. The first-order valence-electron chi connectivity index (χ1n) is 17.1. The molecule has 23 nitrogen and oxygen atoms in total. The van der Waals surface area contributed by atoms with E-state index < -0.39 is 30.4 Å². The number of nitrogens with two attached hydrogens (primary N) is 4. The van der Waals surface area contributed by atoms with Crippen molar-refractivity contribution in [2.75, 3.05) is 22.9 Å². The zero-order chi connectivity index (χ0) is 44.8. The van der Waals surface area contributed by atoms with Crippen LogP contribution in [-0.4, -0.2) is 38.9 Å². The van der Waals surface area contributed by atoms with Gasteiger partial charge in [-0.25, -0.2) is 0 Å². The molecule has 6 aromatic carbocycles. The monoisotopic (exact) mass is 898 g/mol. The SMILES string of the molecule is Nc1cc(N)c(N=Nc2cccc(N=Nc3c(N)cc(N)c(N=Nc4ccc(S(=O)(=O)O)cc4)c3N=Nc3ccc(S(=O)(=O)O)cc3)c2)cc1N=Nc1ccc(S(=O)(=O)O)cc1. The van der Waals surface area contributed by atoms with Gasteiger partial charge in [0.1, 0.15) is 28.4 Å². The number of azo groups is 5. The topological polar surface area (TPSA) is 391 Å². The number of hydrogen-bond acceptors (Lipinski definition) is 20. The van der Waals surface area contributed by atoms with Crippen LogP contribution in [0, 0.1) is 0 Å². The van der Waals surface area contributed by atoms with E-state index >= 15 is 0 Å². The fourth-order valence-corrected chi connectivity index (χ4v) is 6.44. The second-order valence-electron chi connectivity index (χ2n) is 12.5. The number of anilines is 4. The van der Waals surface area contributed by atoms with Crippen LogP contribution in [0.3, 0.4) is 0 Å². The van der Waals surface area contributed by atoms with Gasteiger partial charge in [-0.05, 0) is 109 Å². The van der Waals surface area contributed by atoms with Crippen molar-refractivity contribution in [3.05, 3.63) is 115 Å². The third kappa shape index (κ3) is 11.1. The van der Waals surface area contributed by atoms with Gasteiger partial charge in [0.25, 0.3) is 30.4 Å². The zero-order valence-electron chi connectivity index (χ0n) is 31.3. The second kappa shape index (κ2) is 17.8. The van der Waals surface area contributed by atoms with E-state index in [0.29, 0.717) is 5.69 Å². The van der Waals surface area contributed by atoms with Crippen molar-refractivity contribution >= 4 is 110 Å². The van der Waals surface area contributed by atoms with Crippen LogP contribution in [0.5, 0.6) is 0 Å². The van der Waals surface area contributed by atoms with E-state index in [0.717, 1.165) is 36.4 Å². The Bertz CT molecular complexity index is 3180. The third-order valence-electron chi connectivity index (χ3n) is 8.06. The molecular weight excluding hydrogens is 869 g/mol. The Morgan fingerprint density at radius 3 is 1.00 bits per heavy atom. The summed E-state index contributed by atoms with van der Waals surface area (Å²) in [5.74, 6) is 0. The number of rotatable bonds is 13. The Hall–Kier alpha value is -7.75. The maximum Gasteiger partial charge on any atom is 0.294 e. The van der Waals surface area contributed by atoms with E-state index in [9.17, 15) is 38.9 Å². The molecule has 0 unspecified atom stereocenters. The molecule has 0 saturated carbocycles. The summed E-state index contributed by atoms with van der Waals surface area (Å²) in [7, 11) is -13.3. The van der Waals surface area contributed by atoms with E-state index in [1.807, 2.05) is 0 Å². The minimum Gasteiger partial charge on any atom is -0.397 e. The molecule has 0 bridgehead atoms. The van der Waals surface area contributed by atoms with Gasteiger partial charge in [0.2, 0.25) is 0 Å². The molecular formula is C36H30N14O9S3. The zero-order valence-corrected chi connectivity index (χ0v) is 33.7. The average Bonchev–Trinajstić information content (AvgIpc) is 3.21. The summed E-state index contributed by atoms with van der Waals surface area (Å²) in [6, 6.07) is 24.9. The first-order valence-corrected chi connectivity index (χ1v) is 21.4. The summed E-state index contributed by atoms with van der Waals surface area (Å²) in [5, 5.41) is 41.8. The van der Waals surface area contributed by atoms with Gasteiger partial charge < -0.3 is 22.9 Å². The molecule has 0 aliphatic rings. The number of nitrogen functional groups attached to an aromatic ring is 4. The van der Waals surface area contributed by atoms with Gasteiger partial charge in [0, 0.05) is 0 Å². The van der Waals surface area contributed by atoms with Crippen molar-refractivity contribution in [1.82, 2.24) is 0 Å². The van der Waals surface area contributed by atoms with Crippen molar-refractivity contribution in [3.63, 3.8) is 0 Å². The van der Waals surface area contributed by atoms with E-state index in [-0.39, 0.29) is 88.6 Å². The smallest absolute Gasteiger partial charge is 0.294 e. The second-order valence-corrected chi connectivity index (χ2v) is 16.8. The van der Waals surface area contributed by atoms with Crippen molar-refractivity contribution < 1.29 is 38.9 Å². The van der Waals surface area contributed by atoms with Crippen molar-refractivity contribution in [2.45, 2.75) is 14.7 Å². The van der Waals surface area contributed by atoms with Crippen LogP contribution >= 0.6 is 0 Å². The molecule has 6 aromatic rings. The molecule has 0 fully saturated rings. The highest BCUT2D eigenvalue weighted by atomic mass is 32.2. The van der Waals surface area contributed by atoms with E-state index in [1.54, 1.807) is 18.2 Å². The molecule has 0 saturated heterocycles. The van der Waals surface area contributed by atoms with Crippen LogP contribution in [-0.2, 0) is 30.4 Å². The summed E-state index contributed by atoms with van der Waals surface area (Å²) in [6.07, 6.45) is 0. The fraction of sp³-hybridized carbons (Fsp3) is 0. The molecule has 0 aliphatic carbocycles. The van der Waals surface area contributed by atoms with Crippen LogP contribution in [0.2, 0.25) is 0 Å². The van der Waals surface area contributed by atoms with Gasteiger partial charge in [0.05, 0.1) is 65.9 Å². The van der Waals surface area contributed by atoms with Crippen LogP contribution in [0.1, 0.15) is 0 Å². The highest BCUT2D eigenvalue weighted by molar-refractivity contribution is 7.86. The van der Waals surface area contributed by atoms with Gasteiger partial charge in [-0.3, -0.25) is 13.7 Å². The van der Waals surface area contributed by atoms with Gasteiger partial charge in [0.15, 0.2) is 0 Å². The molecule has 0 heterocycles. The summed E-state index contributed by atoms with van der Waals surface area (Å²) in [4.78, 5) is -1.07. The van der Waals surface area contributed by atoms with Crippen molar-refractivity contribution in [3.8, 4) is 0 Å². The third-order valence-corrected chi connectivity index (χ3v) is 10.7.